The van der Waals surface area contributed by atoms with Crippen LogP contribution in [0.15, 0.2) is 146 Å². The highest BCUT2D eigenvalue weighted by Crippen LogP contribution is 2.39. The molecule has 4 aromatic heterocycles. The smallest absolute Gasteiger partial charge is 0.219 e. The molecule has 0 fully saturated rings. The van der Waals surface area contributed by atoms with E-state index in [1.807, 2.05) is 24.8 Å². The van der Waals surface area contributed by atoms with Gasteiger partial charge in [-0.25, -0.2) is 9.97 Å². The quantitative estimate of drug-likeness (QED) is 0.175. The number of ether oxygens (including phenoxy) is 1. The molecule has 7 nitrogen and oxygen atoms in total. The van der Waals surface area contributed by atoms with Gasteiger partial charge in [-0.15, -0.1) is 0 Å². The van der Waals surface area contributed by atoms with Crippen molar-refractivity contribution in [1.82, 2.24) is 28.2 Å². The minimum absolute atomic E-state index is 0.741. The standard InChI is InChI=1S/C46H36N6O/c1-29-11-9-12-30(2)43(29)49-25-23-47-45(49)51-39-17-7-5-15-35(39)37-21-19-33(27-41(37)51)53-34-20-22-38-36-16-6-8-18-40(36)52(42(38)28-34)46-48-24-26-50(46)44-31(3)13-10-14-32(44)4/h5-28H,1-4H3. The van der Waals surface area contributed by atoms with Gasteiger partial charge in [-0.05, 0) is 86.3 Å². The third kappa shape index (κ3) is 4.74. The van der Waals surface area contributed by atoms with Crippen molar-refractivity contribution < 1.29 is 4.74 Å². The molecular formula is C46H36N6O. The van der Waals surface area contributed by atoms with Crippen molar-refractivity contribution in [3.63, 3.8) is 0 Å². The molecule has 256 valence electrons. The van der Waals surface area contributed by atoms with Crippen molar-refractivity contribution in [2.45, 2.75) is 27.7 Å². The van der Waals surface area contributed by atoms with Crippen LogP contribution in [0.3, 0.4) is 0 Å². The van der Waals surface area contributed by atoms with Crippen molar-refractivity contribution in [1.29, 1.82) is 0 Å². The molecule has 0 saturated carbocycles. The van der Waals surface area contributed by atoms with E-state index in [9.17, 15) is 0 Å². The molecule has 10 aromatic rings. The minimum atomic E-state index is 0.741. The fourth-order valence-electron chi connectivity index (χ4n) is 8.24. The van der Waals surface area contributed by atoms with Crippen LogP contribution in [-0.4, -0.2) is 28.2 Å². The highest BCUT2D eigenvalue weighted by Gasteiger charge is 2.21. The molecule has 0 aliphatic heterocycles. The van der Waals surface area contributed by atoms with E-state index < -0.39 is 0 Å². The van der Waals surface area contributed by atoms with Crippen LogP contribution in [0.1, 0.15) is 22.3 Å². The van der Waals surface area contributed by atoms with Crippen molar-refractivity contribution in [3.8, 4) is 34.8 Å². The number of hydrogen-bond acceptors (Lipinski definition) is 3. The summed E-state index contributed by atoms with van der Waals surface area (Å²) in [6, 6.07) is 42.5. The number of aryl methyl sites for hydroxylation is 4. The number of benzene rings is 6. The number of aromatic nitrogens is 6. The maximum absolute atomic E-state index is 6.76. The van der Waals surface area contributed by atoms with Gasteiger partial charge in [-0.2, -0.15) is 0 Å². The lowest BCUT2D eigenvalue weighted by molar-refractivity contribution is 0.484. The Balaban J connectivity index is 1.13. The Morgan fingerprint density at radius 3 is 1.25 bits per heavy atom. The van der Waals surface area contributed by atoms with E-state index in [4.69, 9.17) is 14.7 Å². The highest BCUT2D eigenvalue weighted by atomic mass is 16.5. The van der Waals surface area contributed by atoms with Crippen molar-refractivity contribution in [2.75, 3.05) is 0 Å². The van der Waals surface area contributed by atoms with Crippen molar-refractivity contribution in [2.24, 2.45) is 0 Å². The molecule has 53 heavy (non-hydrogen) atoms. The van der Waals surface area contributed by atoms with Gasteiger partial charge in [0.05, 0.1) is 33.4 Å². The predicted octanol–water partition coefficient (Wildman–Crippen LogP) is 11.3. The summed E-state index contributed by atoms with van der Waals surface area (Å²) in [4.78, 5) is 9.87. The van der Waals surface area contributed by atoms with Crippen LogP contribution in [0.25, 0.3) is 66.9 Å². The van der Waals surface area contributed by atoms with E-state index in [0.717, 1.165) is 78.4 Å². The van der Waals surface area contributed by atoms with Crippen LogP contribution < -0.4 is 4.74 Å². The van der Waals surface area contributed by atoms with Gasteiger partial charge in [0.25, 0.3) is 0 Å². The predicted molar refractivity (Wildman–Crippen MR) is 215 cm³/mol. The zero-order chi connectivity index (χ0) is 35.8. The zero-order valence-corrected chi connectivity index (χ0v) is 29.9. The molecule has 0 radical (unpaired) electrons. The lowest BCUT2D eigenvalue weighted by Crippen LogP contribution is -2.07. The Morgan fingerprint density at radius 2 is 0.811 bits per heavy atom. The van der Waals surface area contributed by atoms with E-state index in [0.29, 0.717) is 0 Å². The van der Waals surface area contributed by atoms with Gasteiger partial charge in [0, 0.05) is 58.5 Å². The van der Waals surface area contributed by atoms with E-state index in [-0.39, 0.29) is 0 Å². The Bertz CT molecular complexity index is 2800. The molecule has 0 aliphatic rings. The first-order valence-electron chi connectivity index (χ1n) is 17.9. The minimum Gasteiger partial charge on any atom is -0.457 e. The molecule has 0 N–H and O–H groups in total. The molecule has 0 atom stereocenters. The number of imidazole rings is 2. The average Bonchev–Trinajstić information content (AvgIpc) is 3.95. The molecule has 0 aliphatic carbocycles. The summed E-state index contributed by atoms with van der Waals surface area (Å²) in [6.07, 6.45) is 7.85. The second-order valence-electron chi connectivity index (χ2n) is 13.8. The van der Waals surface area contributed by atoms with Crippen LogP contribution in [-0.2, 0) is 0 Å². The summed E-state index contributed by atoms with van der Waals surface area (Å²) in [7, 11) is 0. The Morgan fingerprint density at radius 1 is 0.415 bits per heavy atom. The fraction of sp³-hybridized carbons (Fsp3) is 0.0870. The van der Waals surface area contributed by atoms with E-state index in [1.54, 1.807) is 0 Å². The van der Waals surface area contributed by atoms with Crippen LogP contribution in [0.2, 0.25) is 0 Å². The average molecular weight is 689 g/mol. The summed E-state index contributed by atoms with van der Waals surface area (Å²) in [5.41, 5.74) is 11.3. The summed E-state index contributed by atoms with van der Waals surface area (Å²) < 4.78 is 15.6. The third-order valence-corrected chi connectivity index (χ3v) is 10.5. The Kier molecular flexibility index (Phi) is 6.92. The van der Waals surface area contributed by atoms with E-state index in [2.05, 4.69) is 167 Å². The van der Waals surface area contributed by atoms with Crippen LogP contribution in [0.4, 0.5) is 0 Å². The van der Waals surface area contributed by atoms with Gasteiger partial charge in [0.1, 0.15) is 11.5 Å². The molecule has 0 spiro atoms. The van der Waals surface area contributed by atoms with E-state index in [1.165, 1.54) is 22.3 Å². The van der Waals surface area contributed by atoms with Crippen LogP contribution in [0, 0.1) is 27.7 Å². The number of fused-ring (bicyclic) bond motifs is 6. The van der Waals surface area contributed by atoms with Gasteiger partial charge < -0.3 is 4.74 Å². The Labute approximate surface area is 306 Å². The largest absolute Gasteiger partial charge is 0.457 e. The SMILES string of the molecule is Cc1cccc(C)c1-n1ccnc1-n1c2ccccc2c2ccc(Oc3ccc4c5ccccc5n(-c5nccn5-c5c(C)cccc5C)c4c3)cc21. The topological polar surface area (TPSA) is 54.7 Å². The second kappa shape index (κ2) is 11.9. The van der Waals surface area contributed by atoms with Crippen molar-refractivity contribution in [3.05, 3.63) is 168 Å². The first-order chi connectivity index (χ1) is 26.0. The number of rotatable bonds is 6. The number of para-hydroxylation sites is 4. The van der Waals surface area contributed by atoms with Crippen LogP contribution in [0.5, 0.6) is 11.5 Å². The first-order valence-corrected chi connectivity index (χ1v) is 17.9. The summed E-state index contributed by atoms with van der Waals surface area (Å²) in [5.74, 6) is 3.14. The van der Waals surface area contributed by atoms with Gasteiger partial charge in [0.2, 0.25) is 11.9 Å². The van der Waals surface area contributed by atoms with Crippen LogP contribution >= 0.6 is 0 Å². The molecule has 4 heterocycles. The molecular weight excluding hydrogens is 653 g/mol. The number of nitrogens with zero attached hydrogens (tertiary/aromatic N) is 6. The zero-order valence-electron chi connectivity index (χ0n) is 29.9. The lowest BCUT2D eigenvalue weighted by atomic mass is 10.1. The fourth-order valence-corrected chi connectivity index (χ4v) is 8.24. The molecule has 0 amide bonds. The maximum Gasteiger partial charge on any atom is 0.219 e. The van der Waals surface area contributed by atoms with Gasteiger partial charge in [0.15, 0.2) is 0 Å². The normalized spacial score (nSPS) is 11.8. The van der Waals surface area contributed by atoms with Gasteiger partial charge >= 0.3 is 0 Å². The molecule has 6 aromatic carbocycles. The van der Waals surface area contributed by atoms with Gasteiger partial charge in [-0.3, -0.25) is 18.3 Å². The molecule has 7 heteroatoms. The molecule has 0 bridgehead atoms. The van der Waals surface area contributed by atoms with Gasteiger partial charge in [-0.1, -0.05) is 72.8 Å². The maximum atomic E-state index is 6.76. The van der Waals surface area contributed by atoms with Crippen molar-refractivity contribution >= 4 is 43.6 Å². The van der Waals surface area contributed by atoms with E-state index >= 15 is 0 Å². The monoisotopic (exact) mass is 688 g/mol. The third-order valence-electron chi connectivity index (χ3n) is 10.5. The molecule has 0 saturated heterocycles. The summed E-state index contributed by atoms with van der Waals surface area (Å²) in [6.45, 7) is 8.60. The Hall–Kier alpha value is -6.86. The molecule has 10 rings (SSSR count). The first kappa shape index (κ1) is 30.9. The molecule has 0 unspecified atom stereocenters. The summed E-state index contributed by atoms with van der Waals surface area (Å²) >= 11 is 0. The lowest BCUT2D eigenvalue weighted by Gasteiger charge is -2.16. The summed E-state index contributed by atoms with van der Waals surface area (Å²) in [5, 5.41) is 4.60. The highest BCUT2D eigenvalue weighted by molar-refractivity contribution is 6.10. The second-order valence-corrected chi connectivity index (χ2v) is 13.8. The number of hydrogen-bond donors (Lipinski definition) is 0.